The van der Waals surface area contributed by atoms with Crippen LogP contribution in [0.25, 0.3) is 0 Å². The Labute approximate surface area is 155 Å². The van der Waals surface area contributed by atoms with Gasteiger partial charge in [0.2, 0.25) is 0 Å². The highest BCUT2D eigenvalue weighted by molar-refractivity contribution is 7.80. The van der Waals surface area contributed by atoms with E-state index in [4.69, 9.17) is 16.6 Å². The average molecular weight is 359 g/mol. The minimum Gasteiger partial charge on any atom is -0.463 e. The number of nitrogens with one attached hydrogen (secondary N) is 3. The van der Waals surface area contributed by atoms with Crippen LogP contribution in [-0.2, 0) is 0 Å². The highest BCUT2D eigenvalue weighted by atomic mass is 32.1. The third kappa shape index (κ3) is 4.83. The molecule has 1 saturated heterocycles. The van der Waals surface area contributed by atoms with Crippen molar-refractivity contribution in [2.24, 2.45) is 0 Å². The monoisotopic (exact) mass is 358 g/mol. The first-order valence-electron chi connectivity index (χ1n) is 9.16. The van der Waals surface area contributed by atoms with Gasteiger partial charge in [-0.05, 0) is 48.0 Å². The molecule has 2 heterocycles. The van der Waals surface area contributed by atoms with Crippen LogP contribution in [0.3, 0.4) is 0 Å². The Kier molecular flexibility index (Phi) is 6.10. The van der Waals surface area contributed by atoms with Crippen LogP contribution in [-0.4, -0.2) is 24.7 Å². The predicted molar refractivity (Wildman–Crippen MR) is 106 cm³/mol. The fourth-order valence-corrected chi connectivity index (χ4v) is 3.64. The Balaban J connectivity index is 1.56. The number of thiocarbonyl (C=S) groups is 1. The third-order valence-corrected chi connectivity index (χ3v) is 5.17. The molecule has 1 aliphatic heterocycles. The summed E-state index contributed by atoms with van der Waals surface area (Å²) < 4.78 is 5.67. The van der Waals surface area contributed by atoms with Gasteiger partial charge in [-0.3, -0.25) is 0 Å². The zero-order chi connectivity index (χ0) is 17.6. The Bertz CT molecular complexity index is 661. The van der Waals surface area contributed by atoms with E-state index in [-0.39, 0.29) is 0 Å². The molecule has 1 fully saturated rings. The van der Waals surface area contributed by atoms with Crippen molar-refractivity contribution in [3.63, 3.8) is 0 Å². The summed E-state index contributed by atoms with van der Waals surface area (Å²) in [5.41, 5.74) is 2.35. The lowest BCUT2D eigenvalue weighted by molar-refractivity contribution is -0.919. The summed E-state index contributed by atoms with van der Waals surface area (Å²) in [7, 11) is 0. The van der Waals surface area contributed by atoms with Crippen LogP contribution in [0.15, 0.2) is 47.1 Å². The van der Waals surface area contributed by atoms with Crippen LogP contribution >= 0.6 is 12.2 Å². The fraction of sp³-hybridized carbons (Fsp3) is 0.450. The Morgan fingerprint density at radius 3 is 2.48 bits per heavy atom. The Morgan fingerprint density at radius 2 is 1.88 bits per heavy atom. The normalized spacial score (nSPS) is 16.1. The van der Waals surface area contributed by atoms with Crippen LogP contribution in [0.1, 0.15) is 50.0 Å². The summed E-state index contributed by atoms with van der Waals surface area (Å²) in [6.45, 7) is 7.57. The van der Waals surface area contributed by atoms with Crippen LogP contribution in [0.5, 0.6) is 0 Å². The molecule has 0 radical (unpaired) electrons. The molecule has 1 aromatic carbocycles. The zero-order valence-electron chi connectivity index (χ0n) is 15.0. The van der Waals surface area contributed by atoms with Gasteiger partial charge < -0.3 is 20.0 Å². The van der Waals surface area contributed by atoms with Gasteiger partial charge >= 0.3 is 0 Å². The molecule has 1 aromatic heterocycles. The van der Waals surface area contributed by atoms with Gasteiger partial charge in [0.15, 0.2) is 16.9 Å². The topological polar surface area (TPSA) is 41.6 Å². The number of benzene rings is 1. The quantitative estimate of drug-likeness (QED) is 0.694. The van der Waals surface area contributed by atoms with Gasteiger partial charge in [0, 0.05) is 18.5 Å². The van der Waals surface area contributed by atoms with Crippen molar-refractivity contribution in [3.8, 4) is 0 Å². The van der Waals surface area contributed by atoms with E-state index in [0.717, 1.165) is 18.0 Å². The first kappa shape index (κ1) is 18.0. The largest absolute Gasteiger partial charge is 0.463 e. The fourth-order valence-electron chi connectivity index (χ4n) is 3.43. The molecule has 134 valence electrons. The van der Waals surface area contributed by atoms with Gasteiger partial charge in [0.25, 0.3) is 0 Å². The molecule has 0 spiro atoms. The summed E-state index contributed by atoms with van der Waals surface area (Å²) in [4.78, 5) is 1.58. The molecular formula is C20H28N3OS+. The summed E-state index contributed by atoms with van der Waals surface area (Å²) in [5, 5.41) is 7.31. The van der Waals surface area contributed by atoms with Crippen molar-refractivity contribution < 1.29 is 9.32 Å². The van der Waals surface area contributed by atoms with Crippen molar-refractivity contribution in [1.82, 2.24) is 5.32 Å². The first-order valence-corrected chi connectivity index (χ1v) is 9.57. The third-order valence-electron chi connectivity index (χ3n) is 4.93. The molecule has 0 saturated carbocycles. The molecule has 2 aromatic rings. The molecule has 1 aliphatic rings. The number of rotatable bonds is 6. The van der Waals surface area contributed by atoms with Gasteiger partial charge in [-0.1, -0.05) is 26.0 Å². The molecule has 3 rings (SSSR count). The Hall–Kier alpha value is -1.85. The molecule has 25 heavy (non-hydrogen) atoms. The standard InChI is InChI=1S/C20H27N3OS/c1-15(2)16-7-9-17(10-8-16)22-20(25)21-14-18(19-6-5-13-24-19)23-11-3-4-12-23/h5-10,13,15,18H,3-4,11-12,14H2,1-2H3,(H2,21,22,25)/p+1/t18-/m1/s1. The maximum Gasteiger partial charge on any atom is 0.171 e. The number of quaternary nitrogens is 1. The number of hydrogen-bond acceptors (Lipinski definition) is 2. The van der Waals surface area contributed by atoms with Crippen LogP contribution in [0.2, 0.25) is 0 Å². The minimum absolute atomic E-state index is 0.306. The van der Waals surface area contributed by atoms with Gasteiger partial charge in [0.1, 0.15) is 0 Å². The highest BCUT2D eigenvalue weighted by Gasteiger charge is 2.29. The van der Waals surface area contributed by atoms with E-state index in [0.29, 0.717) is 17.1 Å². The van der Waals surface area contributed by atoms with E-state index >= 15 is 0 Å². The lowest BCUT2D eigenvalue weighted by atomic mass is 10.0. The minimum atomic E-state index is 0.306. The van der Waals surface area contributed by atoms with Crippen LogP contribution in [0.4, 0.5) is 5.69 Å². The second-order valence-corrected chi connectivity index (χ2v) is 7.45. The van der Waals surface area contributed by atoms with Crippen LogP contribution in [0, 0.1) is 0 Å². The zero-order valence-corrected chi connectivity index (χ0v) is 15.9. The van der Waals surface area contributed by atoms with Crippen molar-refractivity contribution in [3.05, 3.63) is 54.0 Å². The summed E-state index contributed by atoms with van der Waals surface area (Å²) >= 11 is 5.48. The van der Waals surface area contributed by atoms with Crippen molar-refractivity contribution in [1.29, 1.82) is 0 Å². The molecule has 0 unspecified atom stereocenters. The van der Waals surface area contributed by atoms with E-state index in [1.54, 1.807) is 11.2 Å². The number of anilines is 1. The van der Waals surface area contributed by atoms with E-state index in [9.17, 15) is 0 Å². The average Bonchev–Trinajstić information content (AvgIpc) is 3.29. The first-order chi connectivity index (χ1) is 12.1. The predicted octanol–water partition coefficient (Wildman–Crippen LogP) is 3.11. The molecular weight excluding hydrogens is 330 g/mol. The smallest absolute Gasteiger partial charge is 0.171 e. The molecule has 4 nitrogen and oxygen atoms in total. The summed E-state index contributed by atoms with van der Waals surface area (Å²) in [5.74, 6) is 1.57. The maximum absolute atomic E-state index is 5.67. The highest BCUT2D eigenvalue weighted by Crippen LogP contribution is 2.17. The van der Waals surface area contributed by atoms with Gasteiger partial charge in [-0.25, -0.2) is 0 Å². The van der Waals surface area contributed by atoms with Crippen LogP contribution < -0.4 is 15.5 Å². The molecule has 0 amide bonds. The SMILES string of the molecule is CC(C)c1ccc(NC(=S)NC[C@H](c2ccco2)[NH+]2CCCC2)cc1. The molecule has 5 heteroatoms. The number of furan rings is 1. The lowest BCUT2D eigenvalue weighted by Crippen LogP contribution is -3.11. The van der Waals surface area contributed by atoms with Crippen molar-refractivity contribution in [2.75, 3.05) is 25.0 Å². The van der Waals surface area contributed by atoms with Crippen molar-refractivity contribution in [2.45, 2.75) is 38.6 Å². The lowest BCUT2D eigenvalue weighted by Gasteiger charge is -2.23. The van der Waals surface area contributed by atoms with E-state index < -0.39 is 0 Å². The molecule has 3 N–H and O–H groups in total. The van der Waals surface area contributed by atoms with E-state index in [2.05, 4.69) is 54.8 Å². The maximum atomic E-state index is 5.67. The number of hydrogen-bond donors (Lipinski definition) is 3. The second kappa shape index (κ2) is 8.50. The number of likely N-dealkylation sites (tertiary alicyclic amines) is 1. The molecule has 1 atom stereocenters. The van der Waals surface area contributed by atoms with Gasteiger partial charge in [-0.2, -0.15) is 0 Å². The van der Waals surface area contributed by atoms with Gasteiger partial charge in [-0.15, -0.1) is 0 Å². The second-order valence-electron chi connectivity index (χ2n) is 7.05. The summed E-state index contributed by atoms with van der Waals surface area (Å²) in [6, 6.07) is 12.8. The Morgan fingerprint density at radius 1 is 1.16 bits per heavy atom. The van der Waals surface area contributed by atoms with E-state index in [1.807, 2.05) is 6.07 Å². The van der Waals surface area contributed by atoms with Gasteiger partial charge in [0.05, 0.1) is 25.9 Å². The summed E-state index contributed by atoms with van der Waals surface area (Å²) in [6.07, 6.45) is 4.33. The molecule has 0 aliphatic carbocycles. The van der Waals surface area contributed by atoms with Crippen molar-refractivity contribution >= 4 is 23.0 Å². The van der Waals surface area contributed by atoms with E-state index in [1.165, 1.54) is 31.5 Å². The molecule has 0 bridgehead atoms.